The lowest BCUT2D eigenvalue weighted by atomic mass is 9.91. The number of primary amides is 1. The summed E-state index contributed by atoms with van der Waals surface area (Å²) in [5.41, 5.74) is 13.4. The number of hydrogen-bond acceptors (Lipinski definition) is 3. The maximum absolute atomic E-state index is 11.5. The van der Waals surface area contributed by atoms with Crippen LogP contribution in [0.4, 0.5) is 11.4 Å². The van der Waals surface area contributed by atoms with Gasteiger partial charge in [-0.05, 0) is 30.4 Å². The molecule has 1 amide bonds. The number of rotatable bonds is 2. The fraction of sp³-hybridized carbons (Fsp3) is 0.500. The number of hydrogen-bond donors (Lipinski definition) is 2. The summed E-state index contributed by atoms with van der Waals surface area (Å²) in [5.74, 6) is 0.798. The predicted molar refractivity (Wildman–Crippen MR) is 74.5 cm³/mol. The van der Waals surface area contributed by atoms with E-state index in [-0.39, 0.29) is 0 Å². The molecule has 18 heavy (non-hydrogen) atoms. The zero-order valence-electron chi connectivity index (χ0n) is 11.0. The van der Waals surface area contributed by atoms with Crippen molar-refractivity contribution in [3.8, 4) is 0 Å². The SMILES string of the molecule is CC1CC(C)CN(c2c(N)cccc2C(N)=O)C1. The second-order valence-electron chi connectivity index (χ2n) is 5.46. The number of benzene rings is 1. The molecule has 1 saturated heterocycles. The third kappa shape index (κ3) is 2.42. The lowest BCUT2D eigenvalue weighted by molar-refractivity contribution is 0.100. The number of anilines is 2. The molecule has 0 radical (unpaired) electrons. The molecule has 0 saturated carbocycles. The summed E-state index contributed by atoms with van der Waals surface area (Å²) < 4.78 is 0. The van der Waals surface area contributed by atoms with Crippen molar-refractivity contribution in [1.29, 1.82) is 0 Å². The zero-order valence-corrected chi connectivity index (χ0v) is 11.0. The van der Waals surface area contributed by atoms with Crippen molar-refractivity contribution in [2.24, 2.45) is 17.6 Å². The Morgan fingerprint density at radius 2 is 1.89 bits per heavy atom. The van der Waals surface area contributed by atoms with Gasteiger partial charge < -0.3 is 16.4 Å². The van der Waals surface area contributed by atoms with Crippen molar-refractivity contribution < 1.29 is 4.79 Å². The van der Waals surface area contributed by atoms with E-state index in [9.17, 15) is 4.79 Å². The number of piperidine rings is 1. The number of amides is 1. The van der Waals surface area contributed by atoms with Crippen molar-refractivity contribution in [2.75, 3.05) is 23.7 Å². The summed E-state index contributed by atoms with van der Waals surface area (Å²) in [6.45, 7) is 6.31. The second-order valence-corrected chi connectivity index (χ2v) is 5.46. The molecule has 1 aliphatic rings. The van der Waals surface area contributed by atoms with Gasteiger partial charge in [-0.3, -0.25) is 4.79 Å². The summed E-state index contributed by atoms with van der Waals surface area (Å²) in [6.07, 6.45) is 1.22. The molecule has 1 aromatic rings. The Hall–Kier alpha value is -1.71. The van der Waals surface area contributed by atoms with E-state index in [1.807, 2.05) is 6.07 Å². The Balaban J connectivity index is 2.40. The molecule has 2 atom stereocenters. The van der Waals surface area contributed by atoms with Crippen LogP contribution in [0.15, 0.2) is 18.2 Å². The summed E-state index contributed by atoms with van der Waals surface area (Å²) in [4.78, 5) is 13.7. The number of carbonyl (C=O) groups is 1. The van der Waals surface area contributed by atoms with Gasteiger partial charge in [-0.2, -0.15) is 0 Å². The minimum atomic E-state index is -0.414. The van der Waals surface area contributed by atoms with Crippen molar-refractivity contribution in [3.05, 3.63) is 23.8 Å². The number of para-hydroxylation sites is 1. The average molecular weight is 247 g/mol. The highest BCUT2D eigenvalue weighted by Gasteiger charge is 2.25. The van der Waals surface area contributed by atoms with E-state index in [4.69, 9.17) is 11.5 Å². The van der Waals surface area contributed by atoms with Crippen LogP contribution in [0.2, 0.25) is 0 Å². The van der Waals surface area contributed by atoms with Gasteiger partial charge in [0.05, 0.1) is 16.9 Å². The molecule has 4 nitrogen and oxygen atoms in total. The minimum absolute atomic E-state index is 0.414. The molecule has 1 aliphatic heterocycles. The van der Waals surface area contributed by atoms with Crippen LogP contribution in [0.1, 0.15) is 30.6 Å². The quantitative estimate of drug-likeness (QED) is 0.783. The van der Waals surface area contributed by atoms with Crippen LogP contribution >= 0.6 is 0 Å². The lowest BCUT2D eigenvalue weighted by Gasteiger charge is -2.37. The van der Waals surface area contributed by atoms with Gasteiger partial charge in [-0.1, -0.05) is 19.9 Å². The number of carbonyl (C=O) groups excluding carboxylic acids is 1. The summed E-state index contributed by atoms with van der Waals surface area (Å²) >= 11 is 0. The van der Waals surface area contributed by atoms with Crippen LogP contribution in [-0.4, -0.2) is 19.0 Å². The summed E-state index contributed by atoms with van der Waals surface area (Å²) in [5, 5.41) is 0. The molecular formula is C14H21N3O. The largest absolute Gasteiger partial charge is 0.397 e. The van der Waals surface area contributed by atoms with E-state index in [0.717, 1.165) is 18.8 Å². The third-order valence-electron chi connectivity index (χ3n) is 3.52. The van der Waals surface area contributed by atoms with E-state index in [2.05, 4.69) is 18.7 Å². The summed E-state index contributed by atoms with van der Waals surface area (Å²) in [6, 6.07) is 5.35. The van der Waals surface area contributed by atoms with Crippen molar-refractivity contribution in [1.82, 2.24) is 0 Å². The molecule has 0 aromatic heterocycles. The molecule has 2 unspecified atom stereocenters. The minimum Gasteiger partial charge on any atom is -0.397 e. The van der Waals surface area contributed by atoms with E-state index < -0.39 is 5.91 Å². The van der Waals surface area contributed by atoms with E-state index in [1.54, 1.807) is 12.1 Å². The molecule has 0 aliphatic carbocycles. The Bertz CT molecular complexity index is 448. The Kier molecular flexibility index (Phi) is 3.45. The van der Waals surface area contributed by atoms with Gasteiger partial charge in [0.25, 0.3) is 5.91 Å². The van der Waals surface area contributed by atoms with Gasteiger partial charge in [0.2, 0.25) is 0 Å². The van der Waals surface area contributed by atoms with Crippen LogP contribution in [0.5, 0.6) is 0 Å². The third-order valence-corrected chi connectivity index (χ3v) is 3.52. The first-order valence-electron chi connectivity index (χ1n) is 6.42. The molecule has 1 fully saturated rings. The fourth-order valence-electron chi connectivity index (χ4n) is 2.96. The molecular weight excluding hydrogens is 226 g/mol. The Morgan fingerprint density at radius 1 is 1.28 bits per heavy atom. The lowest BCUT2D eigenvalue weighted by Crippen LogP contribution is -2.40. The van der Waals surface area contributed by atoms with Gasteiger partial charge in [0.1, 0.15) is 0 Å². The molecule has 2 rings (SSSR count). The first-order valence-corrected chi connectivity index (χ1v) is 6.42. The van der Waals surface area contributed by atoms with Crippen molar-refractivity contribution in [2.45, 2.75) is 20.3 Å². The van der Waals surface area contributed by atoms with Crippen LogP contribution in [0.3, 0.4) is 0 Å². The first kappa shape index (κ1) is 12.7. The van der Waals surface area contributed by atoms with Gasteiger partial charge in [0, 0.05) is 13.1 Å². The highest BCUT2D eigenvalue weighted by atomic mass is 16.1. The molecule has 1 aromatic carbocycles. The first-order chi connectivity index (χ1) is 8.49. The molecule has 0 spiro atoms. The van der Waals surface area contributed by atoms with Gasteiger partial charge in [-0.25, -0.2) is 0 Å². The number of nitrogen functional groups attached to an aromatic ring is 1. The van der Waals surface area contributed by atoms with Gasteiger partial charge in [-0.15, -0.1) is 0 Å². The van der Waals surface area contributed by atoms with Crippen LogP contribution in [0.25, 0.3) is 0 Å². The predicted octanol–water partition coefficient (Wildman–Crippen LogP) is 1.85. The van der Waals surface area contributed by atoms with E-state index in [1.165, 1.54) is 6.42 Å². The molecule has 4 heteroatoms. The number of nitrogens with two attached hydrogens (primary N) is 2. The smallest absolute Gasteiger partial charge is 0.250 e. The fourth-order valence-corrected chi connectivity index (χ4v) is 2.96. The standard InChI is InChI=1S/C14H21N3O/c1-9-6-10(2)8-17(7-9)13-11(14(16)18)4-3-5-12(13)15/h3-5,9-10H,6-8,15H2,1-2H3,(H2,16,18). The Labute approximate surface area is 108 Å². The second kappa shape index (κ2) is 4.88. The summed E-state index contributed by atoms with van der Waals surface area (Å²) in [7, 11) is 0. The normalized spacial score (nSPS) is 24.0. The van der Waals surface area contributed by atoms with Gasteiger partial charge >= 0.3 is 0 Å². The van der Waals surface area contributed by atoms with Gasteiger partial charge in [0.15, 0.2) is 0 Å². The van der Waals surface area contributed by atoms with Crippen LogP contribution in [0, 0.1) is 11.8 Å². The Morgan fingerprint density at radius 3 is 2.44 bits per heavy atom. The van der Waals surface area contributed by atoms with E-state index >= 15 is 0 Å². The molecule has 0 bridgehead atoms. The average Bonchev–Trinajstić information content (AvgIpc) is 2.26. The molecule has 4 N–H and O–H groups in total. The van der Waals surface area contributed by atoms with Crippen molar-refractivity contribution in [3.63, 3.8) is 0 Å². The molecule has 1 heterocycles. The van der Waals surface area contributed by atoms with Crippen LogP contribution in [-0.2, 0) is 0 Å². The maximum atomic E-state index is 11.5. The van der Waals surface area contributed by atoms with Crippen molar-refractivity contribution >= 4 is 17.3 Å². The highest BCUT2D eigenvalue weighted by molar-refractivity contribution is 6.01. The highest BCUT2D eigenvalue weighted by Crippen LogP contribution is 2.32. The number of nitrogens with zero attached hydrogens (tertiary/aromatic N) is 1. The monoisotopic (exact) mass is 247 g/mol. The van der Waals surface area contributed by atoms with E-state index in [0.29, 0.717) is 23.1 Å². The van der Waals surface area contributed by atoms with Crippen LogP contribution < -0.4 is 16.4 Å². The maximum Gasteiger partial charge on any atom is 0.250 e. The molecule has 98 valence electrons. The topological polar surface area (TPSA) is 72.3 Å². The zero-order chi connectivity index (χ0) is 13.3.